The Kier molecular flexibility index (Phi) is 5.39. The summed E-state index contributed by atoms with van der Waals surface area (Å²) < 4.78 is 17.6. The maximum absolute atomic E-state index is 13.1. The van der Waals surface area contributed by atoms with Crippen LogP contribution >= 0.6 is 0 Å². The van der Waals surface area contributed by atoms with Crippen molar-refractivity contribution in [2.75, 3.05) is 25.6 Å². The molecule has 0 bridgehead atoms. The van der Waals surface area contributed by atoms with Crippen LogP contribution in [0, 0.1) is 6.92 Å². The molecule has 0 fully saturated rings. The first-order chi connectivity index (χ1) is 15.3. The molecule has 1 aliphatic heterocycles. The first-order valence-corrected chi connectivity index (χ1v) is 9.69. The van der Waals surface area contributed by atoms with Crippen LogP contribution in [-0.2, 0) is 23.1 Å². The summed E-state index contributed by atoms with van der Waals surface area (Å²) in [5.41, 5.74) is -0.707. The lowest BCUT2D eigenvalue weighted by Gasteiger charge is -2.19. The topological polar surface area (TPSA) is 131 Å². The summed E-state index contributed by atoms with van der Waals surface area (Å²) in [4.78, 5) is 55.0. The van der Waals surface area contributed by atoms with Gasteiger partial charge in [-0.1, -0.05) is 0 Å². The number of aryl methyl sites for hydroxylation is 2. The lowest BCUT2D eigenvalue weighted by Crippen LogP contribution is -2.42. The summed E-state index contributed by atoms with van der Waals surface area (Å²) in [5, 5.41) is 2.53. The summed E-state index contributed by atoms with van der Waals surface area (Å²) in [6.45, 7) is 1.89. The van der Waals surface area contributed by atoms with Crippen LogP contribution in [-0.4, -0.2) is 46.3 Å². The fourth-order valence-corrected chi connectivity index (χ4v) is 3.48. The molecule has 3 heterocycles. The molecular formula is C21H20N4O7. The van der Waals surface area contributed by atoms with Gasteiger partial charge in [-0.25, -0.2) is 14.6 Å². The molecule has 1 N–H and O–H groups in total. The highest BCUT2D eigenvalue weighted by Crippen LogP contribution is 2.32. The highest BCUT2D eigenvalue weighted by Gasteiger charge is 2.22. The molecule has 0 unspecified atom stereocenters. The van der Waals surface area contributed by atoms with Crippen molar-refractivity contribution in [2.45, 2.75) is 13.5 Å². The number of carbonyl (C=O) groups excluding carboxylic acids is 2. The first-order valence-electron chi connectivity index (χ1n) is 9.69. The van der Waals surface area contributed by atoms with Crippen LogP contribution in [0.2, 0.25) is 0 Å². The van der Waals surface area contributed by atoms with E-state index in [1.807, 2.05) is 0 Å². The van der Waals surface area contributed by atoms with Gasteiger partial charge in [0, 0.05) is 24.5 Å². The Balaban J connectivity index is 1.72. The number of methoxy groups -OCH3 is 1. The number of fused-ring (bicyclic) bond motifs is 2. The zero-order valence-corrected chi connectivity index (χ0v) is 17.6. The Morgan fingerprint density at radius 1 is 1.16 bits per heavy atom. The van der Waals surface area contributed by atoms with Gasteiger partial charge in [0.05, 0.1) is 18.1 Å². The van der Waals surface area contributed by atoms with E-state index < -0.39 is 29.7 Å². The number of amides is 1. The van der Waals surface area contributed by atoms with Crippen molar-refractivity contribution in [2.24, 2.45) is 7.05 Å². The van der Waals surface area contributed by atoms with Crippen LogP contribution in [0.5, 0.6) is 11.5 Å². The molecule has 1 amide bonds. The molecule has 11 heteroatoms. The number of aromatic nitrogens is 3. The van der Waals surface area contributed by atoms with Gasteiger partial charge in [-0.05, 0) is 25.1 Å². The quantitative estimate of drug-likeness (QED) is 0.584. The Morgan fingerprint density at radius 3 is 2.59 bits per heavy atom. The number of hydrogen-bond donors (Lipinski definition) is 1. The molecule has 3 aromatic rings. The molecule has 0 saturated carbocycles. The normalized spacial score (nSPS) is 12.5. The van der Waals surface area contributed by atoms with E-state index in [2.05, 4.69) is 10.3 Å². The lowest BCUT2D eigenvalue weighted by molar-refractivity contribution is -0.116. The maximum atomic E-state index is 13.1. The Labute approximate surface area is 181 Å². The molecule has 4 rings (SSSR count). The monoisotopic (exact) mass is 440 g/mol. The molecule has 0 radical (unpaired) electrons. The number of pyridine rings is 1. The van der Waals surface area contributed by atoms with E-state index in [1.165, 1.54) is 20.2 Å². The van der Waals surface area contributed by atoms with Crippen LogP contribution in [0.3, 0.4) is 0 Å². The van der Waals surface area contributed by atoms with E-state index in [0.29, 0.717) is 36.1 Å². The fraction of sp³-hybridized carbons (Fsp3) is 0.286. The largest absolute Gasteiger partial charge is 0.486 e. The highest BCUT2D eigenvalue weighted by atomic mass is 16.6. The van der Waals surface area contributed by atoms with Crippen LogP contribution in [0.1, 0.15) is 16.1 Å². The van der Waals surface area contributed by atoms with E-state index >= 15 is 0 Å². The third kappa shape index (κ3) is 3.68. The molecule has 11 nitrogen and oxygen atoms in total. The summed E-state index contributed by atoms with van der Waals surface area (Å²) in [7, 11) is 2.60. The average Bonchev–Trinajstić information content (AvgIpc) is 2.79. The van der Waals surface area contributed by atoms with Crippen molar-refractivity contribution >= 4 is 28.6 Å². The minimum absolute atomic E-state index is 0.0309. The second kappa shape index (κ2) is 8.17. The maximum Gasteiger partial charge on any atom is 0.338 e. The standard InChI is InChI=1S/C21H20N4O7/c1-11-8-13(20(28)30-3)17-18(22-11)24(2)21(29)25(19(17)27)10-16(26)23-12-4-5-14-15(9-12)32-7-6-31-14/h4-5,8-9H,6-7,10H2,1-3H3,(H,23,26). The van der Waals surface area contributed by atoms with Crippen molar-refractivity contribution in [1.82, 2.24) is 14.1 Å². The Bertz CT molecular complexity index is 1370. The van der Waals surface area contributed by atoms with E-state index in [0.717, 1.165) is 9.13 Å². The van der Waals surface area contributed by atoms with Gasteiger partial charge in [0.2, 0.25) is 5.91 Å². The minimum Gasteiger partial charge on any atom is -0.486 e. The van der Waals surface area contributed by atoms with Gasteiger partial charge in [0.1, 0.15) is 25.4 Å². The Hall–Kier alpha value is -4.15. The molecule has 0 aliphatic carbocycles. The summed E-state index contributed by atoms with van der Waals surface area (Å²) >= 11 is 0. The second-order valence-corrected chi connectivity index (χ2v) is 7.14. The second-order valence-electron chi connectivity index (χ2n) is 7.14. The molecule has 0 spiro atoms. The minimum atomic E-state index is -0.812. The predicted molar refractivity (Wildman–Crippen MR) is 113 cm³/mol. The molecule has 0 atom stereocenters. The number of rotatable bonds is 4. The smallest absolute Gasteiger partial charge is 0.338 e. The molecule has 0 saturated heterocycles. The lowest BCUT2D eigenvalue weighted by atomic mass is 10.1. The van der Waals surface area contributed by atoms with Crippen molar-refractivity contribution in [3.05, 3.63) is 56.4 Å². The zero-order chi connectivity index (χ0) is 23.0. The van der Waals surface area contributed by atoms with Crippen molar-refractivity contribution < 1.29 is 23.8 Å². The molecule has 166 valence electrons. The van der Waals surface area contributed by atoms with Crippen LogP contribution < -0.4 is 26.0 Å². The molecular weight excluding hydrogens is 420 g/mol. The number of anilines is 1. The van der Waals surface area contributed by atoms with Crippen molar-refractivity contribution in [1.29, 1.82) is 0 Å². The number of ether oxygens (including phenoxy) is 3. The third-order valence-corrected chi connectivity index (χ3v) is 4.96. The van der Waals surface area contributed by atoms with Crippen LogP contribution in [0.4, 0.5) is 5.69 Å². The predicted octanol–water partition coefficient (Wildman–Crippen LogP) is 0.600. The number of benzene rings is 1. The summed E-state index contributed by atoms with van der Waals surface area (Å²) in [6.07, 6.45) is 0. The van der Waals surface area contributed by atoms with Crippen molar-refractivity contribution in [3.63, 3.8) is 0 Å². The van der Waals surface area contributed by atoms with Gasteiger partial charge in [0.15, 0.2) is 11.5 Å². The number of hydrogen-bond acceptors (Lipinski definition) is 8. The SMILES string of the molecule is COC(=O)c1cc(C)nc2c1c(=O)n(CC(=O)Nc1ccc3c(c1)OCCO3)c(=O)n2C. The number of esters is 1. The van der Waals surface area contributed by atoms with E-state index in [-0.39, 0.29) is 16.6 Å². The van der Waals surface area contributed by atoms with E-state index in [1.54, 1.807) is 25.1 Å². The Morgan fingerprint density at radius 2 is 1.88 bits per heavy atom. The molecule has 1 aliphatic rings. The zero-order valence-electron chi connectivity index (χ0n) is 17.6. The molecule has 32 heavy (non-hydrogen) atoms. The van der Waals surface area contributed by atoms with Crippen molar-refractivity contribution in [3.8, 4) is 11.5 Å². The third-order valence-electron chi connectivity index (χ3n) is 4.96. The van der Waals surface area contributed by atoms with Gasteiger partial charge < -0.3 is 19.5 Å². The van der Waals surface area contributed by atoms with Gasteiger partial charge in [-0.3, -0.25) is 18.7 Å². The average molecular weight is 440 g/mol. The number of nitrogens with one attached hydrogen (secondary N) is 1. The number of nitrogens with zero attached hydrogens (tertiary/aromatic N) is 3. The highest BCUT2D eigenvalue weighted by molar-refractivity contribution is 6.02. The van der Waals surface area contributed by atoms with Gasteiger partial charge in [-0.15, -0.1) is 0 Å². The molecule has 2 aromatic heterocycles. The van der Waals surface area contributed by atoms with E-state index in [4.69, 9.17) is 14.2 Å². The summed E-state index contributed by atoms with van der Waals surface area (Å²) in [5.74, 6) is -0.313. The number of carbonyl (C=O) groups is 2. The first kappa shape index (κ1) is 21.1. The van der Waals surface area contributed by atoms with E-state index in [9.17, 15) is 19.2 Å². The van der Waals surface area contributed by atoms with Gasteiger partial charge >= 0.3 is 11.7 Å². The van der Waals surface area contributed by atoms with Crippen LogP contribution in [0.15, 0.2) is 33.9 Å². The molecule has 1 aromatic carbocycles. The summed E-state index contributed by atoms with van der Waals surface area (Å²) in [6, 6.07) is 6.27. The van der Waals surface area contributed by atoms with Crippen LogP contribution in [0.25, 0.3) is 11.0 Å². The van der Waals surface area contributed by atoms with Gasteiger partial charge in [-0.2, -0.15) is 0 Å². The fourth-order valence-electron chi connectivity index (χ4n) is 3.48. The van der Waals surface area contributed by atoms with Gasteiger partial charge in [0.25, 0.3) is 5.56 Å².